The fraction of sp³-hybridized carbons (Fsp3) is 0.556. The lowest BCUT2D eigenvalue weighted by molar-refractivity contribution is 0.494. The van der Waals surface area contributed by atoms with E-state index >= 15 is 0 Å². The van der Waals surface area contributed by atoms with Gasteiger partial charge in [-0.25, -0.2) is 8.42 Å². The van der Waals surface area contributed by atoms with Crippen LogP contribution in [0.1, 0.15) is 25.7 Å². The number of amidine groups is 1. The number of hydrogen-bond acceptors (Lipinski definition) is 4. The van der Waals surface area contributed by atoms with Crippen molar-refractivity contribution in [2.45, 2.75) is 36.2 Å². The van der Waals surface area contributed by atoms with E-state index in [2.05, 4.69) is 14.9 Å². The number of nitrogens with zero attached hydrogens (tertiary/aromatic N) is 1. The van der Waals surface area contributed by atoms with Crippen LogP contribution >= 0.6 is 0 Å². The van der Waals surface area contributed by atoms with Crippen molar-refractivity contribution in [1.82, 2.24) is 14.9 Å². The average molecular weight is 257 g/mol. The first-order chi connectivity index (χ1) is 7.96. The van der Waals surface area contributed by atoms with E-state index in [0.29, 0.717) is 12.8 Å². The van der Waals surface area contributed by atoms with Gasteiger partial charge < -0.3 is 5.73 Å². The normalized spacial score (nSPS) is 19.3. The summed E-state index contributed by atoms with van der Waals surface area (Å²) in [6, 6.07) is 1.37. The van der Waals surface area contributed by atoms with E-state index < -0.39 is 15.6 Å². The van der Waals surface area contributed by atoms with Gasteiger partial charge in [-0.1, -0.05) is 12.8 Å². The molecule has 1 aromatic rings. The molecule has 0 amide bonds. The van der Waals surface area contributed by atoms with E-state index in [9.17, 15) is 8.42 Å². The molecule has 1 aliphatic rings. The minimum atomic E-state index is -3.69. The summed E-state index contributed by atoms with van der Waals surface area (Å²) in [7, 11) is -3.69. The fourth-order valence-corrected chi connectivity index (χ4v) is 3.46. The average Bonchev–Trinajstić information content (AvgIpc) is 2.86. The Morgan fingerprint density at radius 1 is 1.53 bits per heavy atom. The largest absolute Gasteiger partial charge is 0.386 e. The van der Waals surface area contributed by atoms with Gasteiger partial charge in [-0.05, 0) is 18.9 Å². The number of nitrogens with two attached hydrogens (primary N) is 1. The molecular weight excluding hydrogens is 242 g/mol. The molecule has 94 valence electrons. The van der Waals surface area contributed by atoms with Gasteiger partial charge in [-0.2, -0.15) is 9.82 Å². The Hall–Kier alpha value is -1.41. The molecule has 1 aromatic heterocycles. The van der Waals surface area contributed by atoms with Crippen LogP contribution in [0.15, 0.2) is 17.3 Å². The van der Waals surface area contributed by atoms with Gasteiger partial charge in [0, 0.05) is 0 Å². The molecule has 5 N–H and O–H groups in total. The molecule has 0 aromatic carbocycles. The van der Waals surface area contributed by atoms with Crippen molar-refractivity contribution in [1.29, 1.82) is 5.41 Å². The van der Waals surface area contributed by atoms with Crippen LogP contribution in [0.3, 0.4) is 0 Å². The van der Waals surface area contributed by atoms with Crippen molar-refractivity contribution < 1.29 is 8.42 Å². The van der Waals surface area contributed by atoms with Gasteiger partial charge in [0.25, 0.3) is 10.0 Å². The summed E-state index contributed by atoms with van der Waals surface area (Å²) in [5, 5.41) is 13.6. The van der Waals surface area contributed by atoms with Crippen molar-refractivity contribution >= 4 is 15.9 Å². The molecule has 2 rings (SSSR count). The highest BCUT2D eigenvalue weighted by atomic mass is 32.2. The third kappa shape index (κ3) is 2.18. The maximum Gasteiger partial charge on any atom is 0.258 e. The van der Waals surface area contributed by atoms with Gasteiger partial charge in [0.1, 0.15) is 5.84 Å². The monoisotopic (exact) mass is 257 g/mol. The van der Waals surface area contributed by atoms with Crippen molar-refractivity contribution in [3.8, 4) is 0 Å². The van der Waals surface area contributed by atoms with E-state index in [0.717, 1.165) is 12.8 Å². The van der Waals surface area contributed by atoms with Crippen LogP contribution in [0.2, 0.25) is 0 Å². The van der Waals surface area contributed by atoms with Crippen molar-refractivity contribution in [2.75, 3.05) is 0 Å². The highest BCUT2D eigenvalue weighted by molar-refractivity contribution is 7.89. The molecule has 1 heterocycles. The summed E-state index contributed by atoms with van der Waals surface area (Å²) in [5.41, 5.74) is 4.60. The van der Waals surface area contributed by atoms with Crippen LogP contribution in [0.4, 0.5) is 0 Å². The predicted octanol–water partition coefficient (Wildman–Crippen LogP) is -0.0632. The topological polar surface area (TPSA) is 125 Å². The molecule has 1 saturated carbocycles. The summed E-state index contributed by atoms with van der Waals surface area (Å²) in [5.74, 6) is -0.127. The first kappa shape index (κ1) is 12.1. The molecule has 1 fully saturated rings. The smallest absolute Gasteiger partial charge is 0.258 e. The summed E-state index contributed by atoms with van der Waals surface area (Å²) in [6.45, 7) is 0. The zero-order chi connectivity index (χ0) is 12.5. The maximum atomic E-state index is 12.0. The zero-order valence-corrected chi connectivity index (χ0v) is 10.0. The fourth-order valence-electron chi connectivity index (χ4n) is 2.11. The van der Waals surface area contributed by atoms with E-state index in [1.165, 1.54) is 12.3 Å². The van der Waals surface area contributed by atoms with E-state index in [1.807, 2.05) is 0 Å². The predicted molar refractivity (Wildman–Crippen MR) is 62.0 cm³/mol. The lowest BCUT2D eigenvalue weighted by atomic mass is 9.98. The minimum absolute atomic E-state index is 0.00924. The minimum Gasteiger partial charge on any atom is -0.386 e. The summed E-state index contributed by atoms with van der Waals surface area (Å²) >= 11 is 0. The van der Waals surface area contributed by atoms with Gasteiger partial charge in [-0.15, -0.1) is 0 Å². The first-order valence-corrected chi connectivity index (χ1v) is 6.82. The molecule has 0 bridgehead atoms. The SMILES string of the molecule is N=C(N)C1(NS(=O)(=O)c2ccn[nH]2)CCCC1. The number of sulfonamides is 1. The molecule has 8 heteroatoms. The standard InChI is InChI=1S/C9H15N5O2S/c10-8(11)9(4-1-2-5-9)14-17(15,16)7-3-6-12-13-7/h3,6,14H,1-2,4-5H2,(H3,10,11)(H,12,13). The lowest BCUT2D eigenvalue weighted by Crippen LogP contribution is -2.55. The van der Waals surface area contributed by atoms with Crippen LogP contribution in [0.25, 0.3) is 0 Å². The Morgan fingerprint density at radius 3 is 2.65 bits per heavy atom. The Kier molecular flexibility index (Phi) is 2.92. The Labute approximate surface area is 99.3 Å². The Morgan fingerprint density at radius 2 is 2.18 bits per heavy atom. The summed E-state index contributed by atoms with van der Waals surface area (Å²) in [6.07, 6.45) is 4.23. The molecule has 0 atom stereocenters. The molecule has 0 radical (unpaired) electrons. The second-order valence-electron chi connectivity index (χ2n) is 4.23. The lowest BCUT2D eigenvalue weighted by Gasteiger charge is -2.27. The number of H-pyrrole nitrogens is 1. The summed E-state index contributed by atoms with van der Waals surface area (Å²) in [4.78, 5) is 0. The van der Waals surface area contributed by atoms with Gasteiger partial charge in [-0.3, -0.25) is 10.5 Å². The van der Waals surface area contributed by atoms with E-state index in [4.69, 9.17) is 11.1 Å². The first-order valence-electron chi connectivity index (χ1n) is 5.34. The molecule has 17 heavy (non-hydrogen) atoms. The number of aromatic nitrogens is 2. The Bertz CT molecular complexity index is 501. The number of nitrogens with one attached hydrogen (secondary N) is 3. The van der Waals surface area contributed by atoms with E-state index in [1.54, 1.807) is 0 Å². The van der Waals surface area contributed by atoms with Crippen LogP contribution in [0, 0.1) is 5.41 Å². The van der Waals surface area contributed by atoms with Crippen LogP contribution in [-0.2, 0) is 10.0 Å². The Balaban J connectivity index is 2.28. The van der Waals surface area contributed by atoms with Gasteiger partial charge in [0.2, 0.25) is 0 Å². The van der Waals surface area contributed by atoms with Crippen molar-refractivity contribution in [2.24, 2.45) is 5.73 Å². The molecule has 0 spiro atoms. The molecule has 0 aliphatic heterocycles. The highest BCUT2D eigenvalue weighted by Crippen LogP contribution is 2.30. The van der Waals surface area contributed by atoms with Gasteiger partial charge in [0.15, 0.2) is 5.03 Å². The quantitative estimate of drug-likeness (QED) is 0.445. The number of aromatic amines is 1. The maximum absolute atomic E-state index is 12.0. The van der Waals surface area contributed by atoms with Gasteiger partial charge >= 0.3 is 0 Å². The third-order valence-electron chi connectivity index (χ3n) is 3.07. The van der Waals surface area contributed by atoms with Crippen LogP contribution in [0.5, 0.6) is 0 Å². The third-order valence-corrected chi connectivity index (χ3v) is 4.53. The van der Waals surface area contributed by atoms with Crippen molar-refractivity contribution in [3.05, 3.63) is 12.3 Å². The van der Waals surface area contributed by atoms with E-state index in [-0.39, 0.29) is 10.9 Å². The molecule has 0 saturated heterocycles. The second-order valence-corrected chi connectivity index (χ2v) is 5.88. The molecule has 1 aliphatic carbocycles. The number of hydrogen-bond donors (Lipinski definition) is 4. The molecular formula is C9H15N5O2S. The van der Waals surface area contributed by atoms with Crippen molar-refractivity contribution in [3.63, 3.8) is 0 Å². The molecule has 0 unspecified atom stereocenters. The van der Waals surface area contributed by atoms with Crippen LogP contribution in [-0.4, -0.2) is 30.0 Å². The van der Waals surface area contributed by atoms with Gasteiger partial charge in [0.05, 0.1) is 11.7 Å². The second kappa shape index (κ2) is 4.11. The zero-order valence-electron chi connectivity index (χ0n) is 9.23. The highest BCUT2D eigenvalue weighted by Gasteiger charge is 2.41. The molecule has 7 nitrogen and oxygen atoms in total. The summed E-state index contributed by atoms with van der Waals surface area (Å²) < 4.78 is 26.6. The van der Waals surface area contributed by atoms with Crippen LogP contribution < -0.4 is 10.5 Å². The number of rotatable bonds is 4.